The van der Waals surface area contributed by atoms with Crippen LogP contribution in [0.4, 0.5) is 0 Å². The number of carbonyl (C=O) groups is 1. The molecule has 104 valence electrons. The highest BCUT2D eigenvalue weighted by Gasteiger charge is 2.33. The molecule has 0 saturated heterocycles. The number of amides is 1. The molecule has 2 rings (SSSR count). The van der Waals surface area contributed by atoms with Gasteiger partial charge in [0.2, 0.25) is 0 Å². The van der Waals surface area contributed by atoms with E-state index < -0.39 is 5.91 Å². The molecule has 0 bridgehead atoms. The Morgan fingerprint density at radius 2 is 2.32 bits per heavy atom. The molecule has 5 nitrogen and oxygen atoms in total. The summed E-state index contributed by atoms with van der Waals surface area (Å²) >= 11 is 0. The fourth-order valence-electron chi connectivity index (χ4n) is 2.33. The summed E-state index contributed by atoms with van der Waals surface area (Å²) in [5, 5.41) is 3.29. The first-order valence-electron chi connectivity index (χ1n) is 6.32. The van der Waals surface area contributed by atoms with E-state index in [0.29, 0.717) is 5.75 Å². The van der Waals surface area contributed by atoms with Crippen molar-refractivity contribution in [3.05, 3.63) is 23.8 Å². The molecule has 1 atom stereocenters. The van der Waals surface area contributed by atoms with Crippen LogP contribution in [0.2, 0.25) is 0 Å². The van der Waals surface area contributed by atoms with Gasteiger partial charge in [-0.15, -0.1) is 0 Å². The molecule has 19 heavy (non-hydrogen) atoms. The van der Waals surface area contributed by atoms with E-state index in [4.69, 9.17) is 15.2 Å². The third-order valence-electron chi connectivity index (χ3n) is 3.17. The van der Waals surface area contributed by atoms with Gasteiger partial charge in [0.25, 0.3) is 5.91 Å². The van der Waals surface area contributed by atoms with Crippen LogP contribution in [0, 0.1) is 0 Å². The van der Waals surface area contributed by atoms with Crippen molar-refractivity contribution in [3.8, 4) is 11.5 Å². The van der Waals surface area contributed by atoms with E-state index in [2.05, 4.69) is 19.2 Å². The summed E-state index contributed by atoms with van der Waals surface area (Å²) in [4.78, 5) is 10.7. The number of fused-ring (bicyclic) bond motifs is 1. The molecule has 0 saturated carbocycles. The van der Waals surface area contributed by atoms with Crippen LogP contribution < -0.4 is 20.5 Å². The Balaban J connectivity index is 2.25. The maximum Gasteiger partial charge on any atom is 0.255 e. The zero-order valence-electron chi connectivity index (χ0n) is 11.5. The van der Waals surface area contributed by atoms with Crippen molar-refractivity contribution in [2.24, 2.45) is 5.73 Å². The number of rotatable bonds is 4. The fourth-order valence-corrected chi connectivity index (χ4v) is 2.33. The van der Waals surface area contributed by atoms with Crippen molar-refractivity contribution in [2.45, 2.75) is 31.9 Å². The highest BCUT2D eigenvalue weighted by molar-refractivity contribution is 5.75. The van der Waals surface area contributed by atoms with Gasteiger partial charge in [0.15, 0.2) is 6.61 Å². The fraction of sp³-hybridized carbons (Fsp3) is 0.500. The van der Waals surface area contributed by atoms with Gasteiger partial charge < -0.3 is 20.5 Å². The molecule has 1 aliphatic rings. The second-order valence-electron chi connectivity index (χ2n) is 5.36. The molecule has 5 heteroatoms. The number of carbonyl (C=O) groups excluding carboxylic acids is 1. The maximum atomic E-state index is 10.7. The van der Waals surface area contributed by atoms with Crippen LogP contribution in [0.15, 0.2) is 18.2 Å². The van der Waals surface area contributed by atoms with E-state index in [0.717, 1.165) is 17.7 Å². The molecule has 0 aromatic heterocycles. The molecule has 1 amide bonds. The zero-order valence-corrected chi connectivity index (χ0v) is 11.5. The summed E-state index contributed by atoms with van der Waals surface area (Å²) in [6.07, 6.45) is 0.901. The maximum absolute atomic E-state index is 10.7. The monoisotopic (exact) mass is 264 g/mol. The quantitative estimate of drug-likeness (QED) is 0.861. The first kappa shape index (κ1) is 13.7. The van der Waals surface area contributed by atoms with Crippen molar-refractivity contribution < 1.29 is 14.3 Å². The van der Waals surface area contributed by atoms with E-state index in [1.807, 2.05) is 25.2 Å². The van der Waals surface area contributed by atoms with Crippen molar-refractivity contribution in [2.75, 3.05) is 13.7 Å². The van der Waals surface area contributed by atoms with E-state index in [-0.39, 0.29) is 18.2 Å². The molecular weight excluding hydrogens is 244 g/mol. The second-order valence-corrected chi connectivity index (χ2v) is 5.36. The summed E-state index contributed by atoms with van der Waals surface area (Å²) in [5.41, 5.74) is 5.93. The van der Waals surface area contributed by atoms with Crippen molar-refractivity contribution in [1.29, 1.82) is 0 Å². The van der Waals surface area contributed by atoms with Gasteiger partial charge in [0.05, 0.1) is 0 Å². The Morgan fingerprint density at radius 1 is 1.58 bits per heavy atom. The lowest BCUT2D eigenvalue weighted by Gasteiger charge is -2.37. The number of nitrogens with two attached hydrogens (primary N) is 1. The lowest BCUT2D eigenvalue weighted by atomic mass is 9.90. The number of hydrogen-bond acceptors (Lipinski definition) is 4. The first-order chi connectivity index (χ1) is 8.91. The summed E-state index contributed by atoms with van der Waals surface area (Å²) in [5.74, 6) is 0.884. The Bertz CT molecular complexity index is 486. The molecule has 1 aliphatic heterocycles. The van der Waals surface area contributed by atoms with E-state index >= 15 is 0 Å². The van der Waals surface area contributed by atoms with Crippen LogP contribution in [0.1, 0.15) is 31.9 Å². The molecule has 0 radical (unpaired) electrons. The highest BCUT2D eigenvalue weighted by atomic mass is 16.5. The Hall–Kier alpha value is -1.75. The smallest absolute Gasteiger partial charge is 0.255 e. The third kappa shape index (κ3) is 3.17. The summed E-state index contributed by atoms with van der Waals surface area (Å²) in [7, 11) is 1.94. The predicted octanol–water partition coefficient (Wildman–Crippen LogP) is 1.37. The molecule has 1 aromatic carbocycles. The van der Waals surface area contributed by atoms with Gasteiger partial charge in [-0.3, -0.25) is 4.79 Å². The van der Waals surface area contributed by atoms with E-state index in [1.54, 1.807) is 0 Å². The average Bonchev–Trinajstić information content (AvgIpc) is 2.33. The number of benzene rings is 1. The van der Waals surface area contributed by atoms with Gasteiger partial charge >= 0.3 is 0 Å². The minimum absolute atomic E-state index is 0.127. The number of hydrogen-bond donors (Lipinski definition) is 2. The molecule has 1 heterocycles. The largest absolute Gasteiger partial charge is 0.487 e. The van der Waals surface area contributed by atoms with E-state index in [9.17, 15) is 4.79 Å². The minimum Gasteiger partial charge on any atom is -0.487 e. The topological polar surface area (TPSA) is 73.6 Å². The molecule has 0 spiro atoms. The molecule has 1 unspecified atom stereocenters. The lowest BCUT2D eigenvalue weighted by Crippen LogP contribution is -2.38. The van der Waals surface area contributed by atoms with Gasteiger partial charge in [-0.05, 0) is 27.0 Å². The van der Waals surface area contributed by atoms with Crippen LogP contribution in [0.3, 0.4) is 0 Å². The van der Waals surface area contributed by atoms with Gasteiger partial charge in [-0.25, -0.2) is 0 Å². The number of primary amides is 1. The summed E-state index contributed by atoms with van der Waals surface area (Å²) < 4.78 is 11.3. The van der Waals surface area contributed by atoms with Crippen LogP contribution in [0.25, 0.3) is 0 Å². The van der Waals surface area contributed by atoms with E-state index in [1.165, 1.54) is 0 Å². The van der Waals surface area contributed by atoms with Crippen LogP contribution in [0.5, 0.6) is 11.5 Å². The van der Waals surface area contributed by atoms with Gasteiger partial charge in [0, 0.05) is 24.1 Å². The second kappa shape index (κ2) is 5.09. The van der Waals surface area contributed by atoms with Crippen LogP contribution in [-0.2, 0) is 4.79 Å². The number of ether oxygens (including phenoxy) is 2. The standard InChI is InChI=1S/C14H20N2O3/c1-14(2)7-11(16-3)10-5-4-9(6-12(10)19-14)18-8-13(15)17/h4-6,11,16H,7-8H2,1-3H3,(H2,15,17). The zero-order chi connectivity index (χ0) is 14.0. The highest BCUT2D eigenvalue weighted by Crippen LogP contribution is 2.40. The van der Waals surface area contributed by atoms with Gasteiger partial charge in [-0.2, -0.15) is 0 Å². The molecular formula is C14H20N2O3. The first-order valence-corrected chi connectivity index (χ1v) is 6.32. The predicted molar refractivity (Wildman–Crippen MR) is 72.3 cm³/mol. The van der Waals surface area contributed by atoms with Crippen molar-refractivity contribution >= 4 is 5.91 Å². The third-order valence-corrected chi connectivity index (χ3v) is 3.17. The van der Waals surface area contributed by atoms with Crippen LogP contribution >= 0.6 is 0 Å². The molecule has 0 aliphatic carbocycles. The molecule has 0 fully saturated rings. The summed E-state index contributed by atoms with van der Waals surface area (Å²) in [6.45, 7) is 3.98. The average molecular weight is 264 g/mol. The molecule has 1 aromatic rings. The summed E-state index contributed by atoms with van der Waals surface area (Å²) in [6, 6.07) is 5.85. The number of nitrogens with one attached hydrogen (secondary N) is 1. The molecule has 3 N–H and O–H groups in total. The minimum atomic E-state index is -0.493. The lowest BCUT2D eigenvalue weighted by molar-refractivity contribution is -0.119. The van der Waals surface area contributed by atoms with Crippen molar-refractivity contribution in [1.82, 2.24) is 5.32 Å². The SMILES string of the molecule is CNC1CC(C)(C)Oc2cc(OCC(N)=O)ccc21. The van der Waals surface area contributed by atoms with Gasteiger partial charge in [0.1, 0.15) is 17.1 Å². The van der Waals surface area contributed by atoms with Gasteiger partial charge in [-0.1, -0.05) is 6.07 Å². The Labute approximate surface area is 113 Å². The van der Waals surface area contributed by atoms with Crippen LogP contribution in [-0.4, -0.2) is 25.2 Å². The normalized spacial score (nSPS) is 20.3. The Morgan fingerprint density at radius 3 is 2.95 bits per heavy atom. The van der Waals surface area contributed by atoms with Crippen molar-refractivity contribution in [3.63, 3.8) is 0 Å². The Kier molecular flexibility index (Phi) is 3.66.